The molecule has 9 nitrogen and oxygen atoms in total. The van der Waals surface area contributed by atoms with Crippen LogP contribution in [-0.4, -0.2) is 56.8 Å². The fraction of sp³-hybridized carbons (Fsp3) is 0.371. The van der Waals surface area contributed by atoms with E-state index in [-0.39, 0.29) is 25.0 Å². The fourth-order valence-corrected chi connectivity index (χ4v) is 7.86. The number of alkyl halides is 1. The third-order valence-electron chi connectivity index (χ3n) is 9.67. The van der Waals surface area contributed by atoms with Crippen LogP contribution < -0.4 is 9.80 Å². The Hall–Kier alpha value is -4.41. The second-order valence-corrected chi connectivity index (χ2v) is 12.7. The van der Waals surface area contributed by atoms with Crippen molar-refractivity contribution in [2.24, 2.45) is 11.8 Å². The van der Waals surface area contributed by atoms with Gasteiger partial charge in [-0.25, -0.2) is 4.39 Å². The number of halogens is 1. The van der Waals surface area contributed by atoms with E-state index in [1.165, 1.54) is 13.8 Å². The van der Waals surface area contributed by atoms with Gasteiger partial charge in [-0.2, -0.15) is 0 Å². The third kappa shape index (κ3) is 4.34. The van der Waals surface area contributed by atoms with E-state index in [0.29, 0.717) is 47.6 Å². The lowest BCUT2D eigenvalue weighted by Crippen LogP contribution is -2.45. The normalized spacial score (nSPS) is 24.0. The van der Waals surface area contributed by atoms with E-state index in [1.807, 2.05) is 61.5 Å². The third-order valence-corrected chi connectivity index (χ3v) is 9.67. The van der Waals surface area contributed by atoms with E-state index in [1.54, 1.807) is 26.8 Å². The average molecular weight is 610 g/mol. The van der Waals surface area contributed by atoms with Gasteiger partial charge in [-0.1, -0.05) is 42.5 Å². The number of ether oxygens (including phenoxy) is 1. The summed E-state index contributed by atoms with van der Waals surface area (Å²) in [4.78, 5) is 31.6. The highest BCUT2D eigenvalue weighted by Crippen LogP contribution is 2.59. The lowest BCUT2D eigenvalue weighted by Gasteiger charge is -2.32. The van der Waals surface area contributed by atoms with E-state index in [0.717, 1.165) is 16.5 Å². The molecule has 4 heterocycles. The molecule has 4 atom stereocenters. The van der Waals surface area contributed by atoms with Gasteiger partial charge in [0.2, 0.25) is 0 Å². The molecule has 232 valence electrons. The van der Waals surface area contributed by atoms with E-state index in [4.69, 9.17) is 4.74 Å². The molecule has 1 N–H and O–H groups in total. The highest BCUT2D eigenvalue weighted by atomic mass is 19.1. The van der Waals surface area contributed by atoms with Crippen molar-refractivity contribution in [3.63, 3.8) is 0 Å². The van der Waals surface area contributed by atoms with Crippen LogP contribution in [0.3, 0.4) is 0 Å². The van der Waals surface area contributed by atoms with Gasteiger partial charge < -0.3 is 14.7 Å². The molecule has 7 rings (SSSR count). The molecule has 3 aromatic carbocycles. The van der Waals surface area contributed by atoms with Crippen LogP contribution in [0.5, 0.6) is 0 Å². The van der Waals surface area contributed by atoms with Gasteiger partial charge in [-0.05, 0) is 56.0 Å². The molecule has 2 amide bonds. The number of fused-ring (bicyclic) bond motifs is 2. The lowest BCUT2D eigenvalue weighted by atomic mass is 9.71. The van der Waals surface area contributed by atoms with Crippen molar-refractivity contribution >= 4 is 39.6 Å². The summed E-state index contributed by atoms with van der Waals surface area (Å²) in [5, 5.41) is 19.4. The largest absolute Gasteiger partial charge is 0.396 e. The Bertz CT molecular complexity index is 1840. The minimum atomic E-state index is -1.66. The van der Waals surface area contributed by atoms with Crippen LogP contribution in [0.4, 0.5) is 21.5 Å². The van der Waals surface area contributed by atoms with Crippen molar-refractivity contribution in [1.82, 2.24) is 15.0 Å². The number of anilines is 3. The Kier molecular flexibility index (Phi) is 6.90. The maximum absolute atomic E-state index is 16.1. The van der Waals surface area contributed by atoms with Gasteiger partial charge in [-0.15, -0.1) is 11.7 Å². The first kappa shape index (κ1) is 29.3. The van der Waals surface area contributed by atoms with Crippen LogP contribution in [-0.2, 0) is 28.1 Å². The molecule has 1 spiro atoms. The van der Waals surface area contributed by atoms with Crippen molar-refractivity contribution in [2.45, 2.75) is 57.5 Å². The molecule has 45 heavy (non-hydrogen) atoms. The molecule has 0 radical (unpaired) electrons. The van der Waals surface area contributed by atoms with E-state index in [9.17, 15) is 14.7 Å². The zero-order valence-electron chi connectivity index (χ0n) is 25.6. The molecule has 1 aromatic heterocycles. The quantitative estimate of drug-likeness (QED) is 0.253. The first-order valence-corrected chi connectivity index (χ1v) is 15.4. The minimum Gasteiger partial charge on any atom is -0.396 e. The Labute approximate surface area is 260 Å². The molecular formula is C35H36FN5O4. The number of carbonyl (C=O) groups excluding carboxylic acids is 2. The first-order chi connectivity index (χ1) is 21.6. The Morgan fingerprint density at radius 3 is 2.64 bits per heavy atom. The van der Waals surface area contributed by atoms with Gasteiger partial charge >= 0.3 is 0 Å². The number of hydrogen-bond acceptors (Lipinski definition) is 6. The van der Waals surface area contributed by atoms with Crippen molar-refractivity contribution in [3.05, 3.63) is 90.3 Å². The minimum absolute atomic E-state index is 0.0302. The number of hydrogen-bond donors (Lipinski definition) is 1. The number of aromatic nitrogens is 3. The lowest BCUT2D eigenvalue weighted by molar-refractivity contribution is -0.146. The molecule has 0 unspecified atom stereocenters. The molecule has 10 heteroatoms. The Balaban J connectivity index is 1.31. The van der Waals surface area contributed by atoms with Crippen LogP contribution in [0.1, 0.15) is 48.8 Å². The second-order valence-electron chi connectivity index (χ2n) is 12.7. The molecule has 3 aliphatic heterocycles. The van der Waals surface area contributed by atoms with Crippen molar-refractivity contribution in [2.75, 3.05) is 23.0 Å². The van der Waals surface area contributed by atoms with Crippen LogP contribution in [0, 0.1) is 11.8 Å². The average Bonchev–Trinajstić information content (AvgIpc) is 3.72. The smallest absolute Gasteiger partial charge is 0.264 e. The monoisotopic (exact) mass is 609 g/mol. The molecular weight excluding hydrogens is 573 g/mol. The maximum Gasteiger partial charge on any atom is 0.264 e. The highest BCUT2D eigenvalue weighted by molar-refractivity contribution is 6.28. The zero-order valence-corrected chi connectivity index (χ0v) is 25.6. The summed E-state index contributed by atoms with van der Waals surface area (Å²) in [7, 11) is 0. The first-order valence-electron chi connectivity index (χ1n) is 15.4. The number of aryl methyl sites for hydroxylation is 1. The van der Waals surface area contributed by atoms with Gasteiger partial charge in [-0.3, -0.25) is 19.2 Å². The Morgan fingerprint density at radius 1 is 1.13 bits per heavy atom. The molecule has 0 aliphatic carbocycles. The maximum atomic E-state index is 16.1. The van der Waals surface area contributed by atoms with E-state index < -0.39 is 29.2 Å². The summed E-state index contributed by atoms with van der Waals surface area (Å²) in [6, 6.07) is 17.1. The van der Waals surface area contributed by atoms with Crippen LogP contribution in [0.15, 0.2) is 73.4 Å². The summed E-state index contributed by atoms with van der Waals surface area (Å²) in [6.45, 7) is 9.47. The fourth-order valence-electron chi connectivity index (χ4n) is 7.86. The van der Waals surface area contributed by atoms with Gasteiger partial charge in [0, 0.05) is 60.8 Å². The molecule has 1 fully saturated rings. The predicted octanol–water partition coefficient (Wildman–Crippen LogP) is 5.48. The summed E-state index contributed by atoms with van der Waals surface area (Å²) in [5.41, 5.74) is 0.857. The summed E-state index contributed by atoms with van der Waals surface area (Å²) < 4.78 is 24.6. The molecule has 3 aliphatic rings. The highest BCUT2D eigenvalue weighted by Gasteiger charge is 2.66. The summed E-state index contributed by atoms with van der Waals surface area (Å²) in [6.07, 6.45) is 3.61. The SMILES string of the molecule is C=CCN1C(=O)[C@@]2(O[C@@H](CCn3cc(CCO)nn3)[C@H](C(C)(C)F)[C@H]2C)c2cc(N3C(=O)c4cccc5cccc3c45)ccc21. The van der Waals surface area contributed by atoms with E-state index in [2.05, 4.69) is 16.9 Å². The molecule has 0 saturated carbocycles. The molecule has 4 aromatic rings. The van der Waals surface area contributed by atoms with Crippen molar-refractivity contribution < 1.29 is 23.8 Å². The van der Waals surface area contributed by atoms with Crippen LogP contribution in [0.25, 0.3) is 10.8 Å². The van der Waals surface area contributed by atoms with Gasteiger partial charge in [0.15, 0.2) is 5.60 Å². The van der Waals surface area contributed by atoms with Crippen LogP contribution >= 0.6 is 0 Å². The standard InChI is InChI=1S/C35H36FN5O4/c1-5-16-40-27-13-12-24(41-28-11-7-9-22-8-6-10-25(30(22)28)32(41)43)19-26(27)35(33(40)44)21(2)31(34(3,4)36)29(45-35)14-17-39-20-23(15-18-42)37-38-39/h5-13,19-21,29,31,42H,1,14-18H2,2-4H3/t21-,29+,31-,35+/m1/s1. The van der Waals surface area contributed by atoms with Crippen molar-refractivity contribution in [3.8, 4) is 0 Å². The van der Waals surface area contributed by atoms with Crippen molar-refractivity contribution in [1.29, 1.82) is 0 Å². The molecule has 0 bridgehead atoms. The number of rotatable bonds is 9. The number of aliphatic hydroxyl groups is 1. The van der Waals surface area contributed by atoms with Gasteiger partial charge in [0.25, 0.3) is 11.8 Å². The van der Waals surface area contributed by atoms with E-state index >= 15 is 4.39 Å². The molecule has 1 saturated heterocycles. The number of aliphatic hydroxyl groups excluding tert-OH is 1. The van der Waals surface area contributed by atoms with Crippen LogP contribution in [0.2, 0.25) is 0 Å². The number of benzene rings is 3. The Morgan fingerprint density at radius 2 is 1.91 bits per heavy atom. The predicted molar refractivity (Wildman–Crippen MR) is 169 cm³/mol. The van der Waals surface area contributed by atoms with Gasteiger partial charge in [0.1, 0.15) is 5.67 Å². The number of carbonyl (C=O) groups is 2. The van der Waals surface area contributed by atoms with Gasteiger partial charge in [0.05, 0.1) is 28.7 Å². The topological polar surface area (TPSA) is 101 Å². The number of amides is 2. The summed E-state index contributed by atoms with van der Waals surface area (Å²) >= 11 is 0. The number of nitrogens with zero attached hydrogens (tertiary/aromatic N) is 5. The summed E-state index contributed by atoms with van der Waals surface area (Å²) in [5.74, 6) is -1.55. The zero-order chi connectivity index (χ0) is 31.7. The second kappa shape index (κ2) is 10.6.